The summed E-state index contributed by atoms with van der Waals surface area (Å²) in [5, 5.41) is 21.9. The van der Waals surface area contributed by atoms with E-state index in [1.165, 1.54) is 64.2 Å². The molecule has 0 aliphatic heterocycles. The minimum atomic E-state index is -4.78. The second-order valence-corrected chi connectivity index (χ2v) is 18.4. The van der Waals surface area contributed by atoms with E-state index in [4.69, 9.17) is 13.8 Å². The number of carbonyl (C=O) groups is 3. The highest BCUT2D eigenvalue weighted by Gasteiger charge is 2.28. The number of rotatable bonds is 47. The highest BCUT2D eigenvalue weighted by atomic mass is 31.2. The number of esters is 1. The zero-order valence-electron chi connectivity index (χ0n) is 42.1. The predicted molar refractivity (Wildman–Crippen MR) is 281 cm³/mol. The summed E-state index contributed by atoms with van der Waals surface area (Å²) in [5.41, 5.74) is 0. The minimum absolute atomic E-state index is 0.134. The Bertz CT molecular complexity index is 1560. The standard InChI is InChI=1S/C56H92NO10P/c1-3-5-7-9-11-13-15-17-19-21-23-25-26-28-30-32-34-36-38-40-42-44-46-48-55(60)65-49-52(58)50-66-68(63,64)67-51-53(56(61)62)57-54(59)47-45-43-41-39-37-35-33-31-29-27-24-22-20-18-16-14-12-10-8-6-4-2/h5,7,11-14,17-20,23,25,28,30,34,36,40,42,52-53,58H,3-4,6,8-10,15-16,21-22,24,26-27,29,31-33,35,37-39,41,43-51H2,1-2H3,(H,57,59)(H,61,62)(H,63,64)/b7-5-,13-11-,14-12-,19-17-,20-18-,25-23-,30-28-,36-34-,42-40-. The van der Waals surface area contributed by atoms with E-state index in [-0.39, 0.29) is 12.8 Å². The van der Waals surface area contributed by atoms with Crippen molar-refractivity contribution in [2.45, 2.75) is 206 Å². The Morgan fingerprint density at radius 1 is 0.485 bits per heavy atom. The first-order valence-electron chi connectivity index (χ1n) is 25.9. The van der Waals surface area contributed by atoms with Crippen molar-refractivity contribution in [1.82, 2.24) is 5.32 Å². The van der Waals surface area contributed by atoms with E-state index < -0.39 is 57.6 Å². The summed E-state index contributed by atoms with van der Waals surface area (Å²) in [6.45, 7) is 2.40. The molecule has 0 bridgehead atoms. The van der Waals surface area contributed by atoms with E-state index in [9.17, 15) is 34.1 Å². The van der Waals surface area contributed by atoms with Crippen molar-refractivity contribution >= 4 is 25.7 Å². The van der Waals surface area contributed by atoms with Crippen molar-refractivity contribution in [3.8, 4) is 0 Å². The molecule has 0 heterocycles. The fraction of sp³-hybridized carbons (Fsp3) is 0.625. The number of hydrogen-bond donors (Lipinski definition) is 4. The molecule has 0 spiro atoms. The van der Waals surface area contributed by atoms with Crippen molar-refractivity contribution in [1.29, 1.82) is 0 Å². The molecular weight excluding hydrogens is 878 g/mol. The third-order valence-electron chi connectivity index (χ3n) is 10.5. The number of amides is 1. The first-order chi connectivity index (χ1) is 33.1. The second kappa shape index (κ2) is 49.6. The number of nitrogens with one attached hydrogen (secondary N) is 1. The molecule has 0 saturated carbocycles. The molecule has 3 unspecified atom stereocenters. The molecule has 0 aromatic carbocycles. The van der Waals surface area contributed by atoms with Crippen LogP contribution in [0.2, 0.25) is 0 Å². The summed E-state index contributed by atoms with van der Waals surface area (Å²) in [6.07, 6.45) is 65.4. The third kappa shape index (κ3) is 48.6. The lowest BCUT2D eigenvalue weighted by Crippen LogP contribution is -2.43. The van der Waals surface area contributed by atoms with Gasteiger partial charge in [-0.2, -0.15) is 0 Å². The molecule has 68 heavy (non-hydrogen) atoms. The molecule has 386 valence electrons. The molecular formula is C56H92NO10P. The van der Waals surface area contributed by atoms with Crippen molar-refractivity contribution < 1.29 is 47.8 Å². The van der Waals surface area contributed by atoms with Gasteiger partial charge >= 0.3 is 19.8 Å². The summed E-state index contributed by atoms with van der Waals surface area (Å²) in [7, 11) is -4.78. The van der Waals surface area contributed by atoms with Gasteiger partial charge in [-0.1, -0.05) is 194 Å². The van der Waals surface area contributed by atoms with E-state index in [0.717, 1.165) is 83.5 Å². The van der Waals surface area contributed by atoms with Gasteiger partial charge in [-0.15, -0.1) is 0 Å². The number of carboxylic acids is 1. The fourth-order valence-electron chi connectivity index (χ4n) is 6.57. The van der Waals surface area contributed by atoms with Gasteiger partial charge in [0.1, 0.15) is 12.7 Å². The maximum Gasteiger partial charge on any atom is 0.472 e. The van der Waals surface area contributed by atoms with E-state index in [0.29, 0.717) is 19.3 Å². The Morgan fingerprint density at radius 2 is 0.868 bits per heavy atom. The number of ether oxygens (including phenoxy) is 1. The Hall–Kier alpha value is -3.86. The minimum Gasteiger partial charge on any atom is -0.480 e. The average Bonchev–Trinajstić information content (AvgIpc) is 3.32. The highest BCUT2D eigenvalue weighted by Crippen LogP contribution is 2.43. The number of allylic oxidation sites excluding steroid dienone is 18. The Morgan fingerprint density at radius 3 is 1.31 bits per heavy atom. The monoisotopic (exact) mass is 970 g/mol. The Labute approximate surface area is 412 Å². The molecule has 1 amide bonds. The van der Waals surface area contributed by atoms with Gasteiger partial charge in [-0.05, 0) is 96.3 Å². The predicted octanol–water partition coefficient (Wildman–Crippen LogP) is 14.6. The van der Waals surface area contributed by atoms with Gasteiger partial charge in [0.25, 0.3) is 0 Å². The number of hydrogen-bond acceptors (Lipinski definition) is 8. The zero-order valence-corrected chi connectivity index (χ0v) is 43.0. The van der Waals surface area contributed by atoms with E-state index in [1.54, 1.807) is 0 Å². The van der Waals surface area contributed by atoms with Gasteiger partial charge in [0.2, 0.25) is 5.91 Å². The molecule has 4 N–H and O–H groups in total. The van der Waals surface area contributed by atoms with Crippen LogP contribution >= 0.6 is 7.82 Å². The fourth-order valence-corrected chi connectivity index (χ4v) is 7.34. The first-order valence-corrected chi connectivity index (χ1v) is 27.4. The van der Waals surface area contributed by atoms with Gasteiger partial charge in [0.15, 0.2) is 6.04 Å². The Balaban J connectivity index is 3.94. The van der Waals surface area contributed by atoms with E-state index >= 15 is 0 Å². The summed E-state index contributed by atoms with van der Waals surface area (Å²) < 4.78 is 26.9. The topological polar surface area (TPSA) is 169 Å². The molecule has 0 saturated heterocycles. The number of aliphatic carboxylic acids is 1. The van der Waals surface area contributed by atoms with Gasteiger partial charge in [-0.25, -0.2) is 9.36 Å². The summed E-state index contributed by atoms with van der Waals surface area (Å²) >= 11 is 0. The lowest BCUT2D eigenvalue weighted by Gasteiger charge is -2.18. The molecule has 0 aliphatic rings. The third-order valence-corrected chi connectivity index (χ3v) is 11.5. The maximum atomic E-state index is 12.4. The van der Waals surface area contributed by atoms with E-state index in [1.807, 2.05) is 12.2 Å². The maximum absolute atomic E-state index is 12.4. The van der Waals surface area contributed by atoms with Crippen LogP contribution in [0.3, 0.4) is 0 Å². The summed E-state index contributed by atoms with van der Waals surface area (Å²) in [4.78, 5) is 46.1. The van der Waals surface area contributed by atoms with Crippen LogP contribution in [0.15, 0.2) is 109 Å². The van der Waals surface area contributed by atoms with Crippen LogP contribution in [0.1, 0.15) is 194 Å². The summed E-state index contributed by atoms with van der Waals surface area (Å²) in [5.74, 6) is -2.45. The summed E-state index contributed by atoms with van der Waals surface area (Å²) in [6, 6.07) is -1.56. The highest BCUT2D eigenvalue weighted by molar-refractivity contribution is 7.47. The SMILES string of the molecule is CC/C=C\C/C=C\C/C=C\C/C=C\C/C=C\C/C=C\C/C=C\CCCC(=O)OCC(O)COP(=O)(O)OCC(NC(=O)CCCCCCCCCCCCC/C=C\C/C=C\CCCCC)C(=O)O. The van der Waals surface area contributed by atoms with Crippen LogP contribution in [0, 0.1) is 0 Å². The van der Waals surface area contributed by atoms with Gasteiger partial charge in [0.05, 0.1) is 13.2 Å². The van der Waals surface area contributed by atoms with Crippen molar-refractivity contribution in [2.24, 2.45) is 0 Å². The molecule has 12 heteroatoms. The van der Waals surface area contributed by atoms with Crippen molar-refractivity contribution in [3.05, 3.63) is 109 Å². The Kier molecular flexibility index (Phi) is 46.7. The second-order valence-electron chi connectivity index (χ2n) is 17.0. The van der Waals surface area contributed by atoms with Crippen LogP contribution in [0.4, 0.5) is 0 Å². The molecule has 0 aromatic heterocycles. The van der Waals surface area contributed by atoms with Crippen LogP contribution in [-0.2, 0) is 32.7 Å². The van der Waals surface area contributed by atoms with Gasteiger partial charge in [0, 0.05) is 12.8 Å². The quantitative estimate of drug-likeness (QED) is 0.0199. The normalized spacial score (nSPS) is 14.4. The number of aliphatic hydroxyl groups excluding tert-OH is 1. The number of phosphoric acid groups is 1. The molecule has 0 radical (unpaired) electrons. The molecule has 0 aromatic rings. The number of aliphatic hydroxyl groups is 1. The van der Waals surface area contributed by atoms with E-state index in [2.05, 4.69) is 116 Å². The number of unbranched alkanes of at least 4 members (excludes halogenated alkanes) is 15. The molecule has 0 rings (SSSR count). The first kappa shape index (κ1) is 64.1. The number of phosphoric ester groups is 1. The zero-order chi connectivity index (χ0) is 49.9. The average molecular weight is 970 g/mol. The number of carbonyl (C=O) groups excluding carboxylic acids is 2. The molecule has 3 atom stereocenters. The lowest BCUT2D eigenvalue weighted by atomic mass is 10.0. The van der Waals surface area contributed by atoms with Crippen molar-refractivity contribution in [3.63, 3.8) is 0 Å². The van der Waals surface area contributed by atoms with Gasteiger partial charge in [-0.3, -0.25) is 18.6 Å². The van der Waals surface area contributed by atoms with Crippen molar-refractivity contribution in [2.75, 3.05) is 19.8 Å². The van der Waals surface area contributed by atoms with Crippen LogP contribution in [0.25, 0.3) is 0 Å². The number of carboxylic acid groups (broad SMARTS) is 1. The largest absolute Gasteiger partial charge is 0.480 e. The smallest absolute Gasteiger partial charge is 0.472 e. The van der Waals surface area contributed by atoms with Crippen LogP contribution in [-0.4, -0.2) is 64.9 Å². The molecule has 0 aliphatic carbocycles. The van der Waals surface area contributed by atoms with Crippen LogP contribution < -0.4 is 5.32 Å². The van der Waals surface area contributed by atoms with Gasteiger partial charge < -0.3 is 25.2 Å². The van der Waals surface area contributed by atoms with Crippen LogP contribution in [0.5, 0.6) is 0 Å². The molecule has 11 nitrogen and oxygen atoms in total. The molecule has 0 fully saturated rings. The lowest BCUT2D eigenvalue weighted by molar-refractivity contribution is -0.147.